The van der Waals surface area contributed by atoms with E-state index < -0.39 is 107 Å². The molecular formula is C26H28O14. The molecule has 3 aromatic rings. The number of aromatic hydroxyl groups is 3. The fourth-order valence-corrected chi connectivity index (χ4v) is 5.11. The molecule has 0 saturated carbocycles. The van der Waals surface area contributed by atoms with Gasteiger partial charge in [-0.1, -0.05) is 0 Å². The van der Waals surface area contributed by atoms with Crippen LogP contribution < -0.4 is 5.43 Å². The van der Waals surface area contributed by atoms with Gasteiger partial charge < -0.3 is 65.0 Å². The van der Waals surface area contributed by atoms with E-state index in [0.717, 1.165) is 6.07 Å². The van der Waals surface area contributed by atoms with Gasteiger partial charge in [0.25, 0.3) is 0 Å². The number of aliphatic hydroxyl groups is 7. The third-order valence-electron chi connectivity index (χ3n) is 7.31. The maximum atomic E-state index is 13.4. The zero-order valence-corrected chi connectivity index (χ0v) is 20.6. The highest BCUT2D eigenvalue weighted by Crippen LogP contribution is 2.50. The van der Waals surface area contributed by atoms with E-state index in [9.17, 15) is 55.9 Å². The van der Waals surface area contributed by atoms with Crippen molar-refractivity contribution in [2.75, 3.05) is 13.2 Å². The summed E-state index contributed by atoms with van der Waals surface area (Å²) in [6, 6.07) is 6.50. The van der Waals surface area contributed by atoms with Gasteiger partial charge in [-0.2, -0.15) is 0 Å². The highest BCUT2D eigenvalue weighted by atomic mass is 16.5. The van der Waals surface area contributed by atoms with Crippen molar-refractivity contribution in [3.8, 4) is 28.6 Å². The third-order valence-corrected chi connectivity index (χ3v) is 7.31. The van der Waals surface area contributed by atoms with Crippen molar-refractivity contribution in [3.05, 3.63) is 51.7 Å². The first-order chi connectivity index (χ1) is 19.0. The number of hydrogen-bond donors (Lipinski definition) is 10. The van der Waals surface area contributed by atoms with E-state index in [2.05, 4.69) is 0 Å². The summed E-state index contributed by atoms with van der Waals surface area (Å²) in [5.41, 5.74) is -2.15. The van der Waals surface area contributed by atoms with Crippen LogP contribution in [0.15, 0.2) is 39.5 Å². The molecule has 0 radical (unpaired) electrons. The highest BCUT2D eigenvalue weighted by Gasteiger charge is 2.48. The third kappa shape index (κ3) is 4.49. The summed E-state index contributed by atoms with van der Waals surface area (Å²) < 4.78 is 16.9. The Morgan fingerprint density at radius 2 is 1.43 bits per heavy atom. The summed E-state index contributed by atoms with van der Waals surface area (Å²) in [5.74, 6) is -2.01. The second-order valence-electron chi connectivity index (χ2n) is 9.80. The SMILES string of the molecule is O=c1cc(-c2ccc(O)cc2)oc2c([C@H]3OC[C@@H](O)[C@@H](O)[C@H]3O)c(O)c([C@H]3O[C@@H](CO)[C@@H](O)[C@@H](O)[C@H]3O)c(O)c12. The molecule has 216 valence electrons. The largest absolute Gasteiger partial charge is 0.508 e. The number of hydrogen-bond acceptors (Lipinski definition) is 14. The molecule has 0 spiro atoms. The normalized spacial score (nSPS) is 32.8. The van der Waals surface area contributed by atoms with Gasteiger partial charge in [0.05, 0.1) is 24.3 Å². The lowest BCUT2D eigenvalue weighted by Crippen LogP contribution is -2.55. The second kappa shape index (κ2) is 10.6. The molecule has 9 atom stereocenters. The molecule has 0 aliphatic carbocycles. The maximum Gasteiger partial charge on any atom is 0.197 e. The number of ether oxygens (including phenoxy) is 2. The molecule has 10 N–H and O–H groups in total. The Balaban J connectivity index is 1.80. The minimum Gasteiger partial charge on any atom is -0.508 e. The van der Waals surface area contributed by atoms with Gasteiger partial charge in [0.2, 0.25) is 0 Å². The van der Waals surface area contributed by atoms with Gasteiger partial charge in [-0.25, -0.2) is 0 Å². The van der Waals surface area contributed by atoms with Crippen LogP contribution in [0.5, 0.6) is 17.2 Å². The topological polar surface area (TPSA) is 251 Å². The first kappa shape index (κ1) is 28.2. The van der Waals surface area contributed by atoms with Gasteiger partial charge in [-0.3, -0.25) is 4.79 Å². The molecule has 14 nitrogen and oxygen atoms in total. The number of aliphatic hydroxyl groups excluding tert-OH is 7. The Bertz CT molecular complexity index is 1450. The number of phenols is 3. The van der Waals surface area contributed by atoms with Gasteiger partial charge in [-0.15, -0.1) is 0 Å². The average molecular weight is 564 g/mol. The van der Waals surface area contributed by atoms with E-state index in [4.69, 9.17) is 13.9 Å². The molecule has 2 aromatic carbocycles. The smallest absolute Gasteiger partial charge is 0.197 e. The van der Waals surface area contributed by atoms with Gasteiger partial charge in [-0.05, 0) is 24.3 Å². The van der Waals surface area contributed by atoms with Crippen LogP contribution in [0.4, 0.5) is 0 Å². The Morgan fingerprint density at radius 1 is 0.775 bits per heavy atom. The van der Waals surface area contributed by atoms with Crippen LogP contribution in [0.25, 0.3) is 22.3 Å². The predicted molar refractivity (Wildman–Crippen MR) is 132 cm³/mol. The van der Waals surface area contributed by atoms with E-state index in [1.54, 1.807) is 0 Å². The predicted octanol–water partition coefficient (Wildman–Crippen LogP) is -1.75. The van der Waals surface area contributed by atoms with Crippen molar-refractivity contribution in [3.63, 3.8) is 0 Å². The van der Waals surface area contributed by atoms with Gasteiger partial charge in [0.1, 0.15) is 83.3 Å². The molecule has 2 aliphatic heterocycles. The molecule has 2 aliphatic rings. The summed E-state index contributed by atoms with van der Waals surface area (Å²) in [7, 11) is 0. The lowest BCUT2D eigenvalue weighted by Gasteiger charge is -2.41. The van der Waals surface area contributed by atoms with Crippen molar-refractivity contribution in [1.82, 2.24) is 0 Å². The molecule has 0 unspecified atom stereocenters. The van der Waals surface area contributed by atoms with Gasteiger partial charge in [0.15, 0.2) is 11.0 Å². The first-order valence-electron chi connectivity index (χ1n) is 12.3. The molecule has 40 heavy (non-hydrogen) atoms. The fourth-order valence-electron chi connectivity index (χ4n) is 5.11. The summed E-state index contributed by atoms with van der Waals surface area (Å²) >= 11 is 0. The Labute approximate surface area is 224 Å². The van der Waals surface area contributed by atoms with Gasteiger partial charge in [0, 0.05) is 11.6 Å². The van der Waals surface area contributed by atoms with Crippen LogP contribution >= 0.6 is 0 Å². The van der Waals surface area contributed by atoms with E-state index in [-0.39, 0.29) is 11.5 Å². The molecule has 0 bridgehead atoms. The van der Waals surface area contributed by atoms with Crippen LogP contribution in [-0.4, -0.2) is 107 Å². The molecular weight excluding hydrogens is 536 g/mol. The number of fused-ring (bicyclic) bond motifs is 1. The number of rotatable bonds is 4. The minimum absolute atomic E-state index is 0.0710. The fraction of sp³-hybridized carbons (Fsp3) is 0.423. The lowest BCUT2D eigenvalue weighted by atomic mass is 9.85. The Kier molecular flexibility index (Phi) is 7.47. The molecule has 1 aromatic heterocycles. The van der Waals surface area contributed by atoms with Crippen molar-refractivity contribution in [1.29, 1.82) is 0 Å². The molecule has 2 fully saturated rings. The summed E-state index contributed by atoms with van der Waals surface area (Å²) in [6.45, 7) is -1.34. The zero-order valence-electron chi connectivity index (χ0n) is 20.6. The average Bonchev–Trinajstić information content (AvgIpc) is 2.92. The Hall–Kier alpha value is -3.31. The molecule has 0 amide bonds. The van der Waals surface area contributed by atoms with Crippen LogP contribution in [0.2, 0.25) is 0 Å². The van der Waals surface area contributed by atoms with Crippen molar-refractivity contribution >= 4 is 11.0 Å². The molecule has 14 heteroatoms. The molecule has 3 heterocycles. The second-order valence-corrected chi connectivity index (χ2v) is 9.80. The monoisotopic (exact) mass is 564 g/mol. The van der Waals surface area contributed by atoms with E-state index in [1.807, 2.05) is 0 Å². The van der Waals surface area contributed by atoms with Crippen LogP contribution in [-0.2, 0) is 9.47 Å². The van der Waals surface area contributed by atoms with Crippen LogP contribution in [0.1, 0.15) is 23.3 Å². The number of benzene rings is 2. The van der Waals surface area contributed by atoms with E-state index in [1.165, 1.54) is 24.3 Å². The van der Waals surface area contributed by atoms with Crippen molar-refractivity contribution in [2.45, 2.75) is 54.9 Å². The number of phenolic OH excluding ortho intramolecular Hbond substituents is 3. The highest BCUT2D eigenvalue weighted by molar-refractivity contribution is 5.92. The van der Waals surface area contributed by atoms with Crippen molar-refractivity contribution < 1.29 is 65.0 Å². The van der Waals surface area contributed by atoms with E-state index >= 15 is 0 Å². The quantitative estimate of drug-likeness (QED) is 0.169. The summed E-state index contributed by atoms with van der Waals surface area (Å²) in [6.07, 6.45) is -15.7. The molecule has 2 saturated heterocycles. The van der Waals surface area contributed by atoms with Crippen LogP contribution in [0, 0.1) is 0 Å². The van der Waals surface area contributed by atoms with Crippen molar-refractivity contribution in [2.24, 2.45) is 0 Å². The summed E-state index contributed by atoms with van der Waals surface area (Å²) in [5, 5.41) is 104. The minimum atomic E-state index is -1.98. The Morgan fingerprint density at radius 3 is 2.08 bits per heavy atom. The summed E-state index contributed by atoms with van der Waals surface area (Å²) in [4.78, 5) is 13.4. The standard InChI is InChI=1S/C26H28O14/c27-6-13-18(32)21(35)23(37)26(40-13)15-19(33)14-10(29)5-12(8-1-3-9(28)4-2-8)39-24(14)16(20(15)34)25-22(36)17(31)11(30)7-38-25/h1-5,11,13,17-18,21-23,25-28,30-37H,6-7H2/t11-,13+,17-,18-,21-,22-,23-,25-,26-/m1/s1. The zero-order chi connectivity index (χ0) is 29.0. The first-order valence-corrected chi connectivity index (χ1v) is 12.3. The van der Waals surface area contributed by atoms with Crippen LogP contribution in [0.3, 0.4) is 0 Å². The van der Waals surface area contributed by atoms with Gasteiger partial charge >= 0.3 is 0 Å². The maximum absolute atomic E-state index is 13.4. The lowest BCUT2D eigenvalue weighted by molar-refractivity contribution is -0.232. The van der Waals surface area contributed by atoms with E-state index in [0.29, 0.717) is 5.56 Å². The molecule has 5 rings (SSSR count).